The summed E-state index contributed by atoms with van der Waals surface area (Å²) < 4.78 is 6.35. The van der Waals surface area contributed by atoms with Gasteiger partial charge < -0.3 is 9.84 Å². The average Bonchev–Trinajstić information content (AvgIpc) is 3.36. The molecule has 1 atom stereocenters. The van der Waals surface area contributed by atoms with E-state index in [2.05, 4.69) is 24.3 Å². The topological polar surface area (TPSA) is 32.8 Å². The number of hydrogen-bond donors (Lipinski definition) is 1. The molecule has 2 nitrogen and oxygen atoms in total. The van der Waals surface area contributed by atoms with Gasteiger partial charge in [0, 0.05) is 0 Å². The Balaban J connectivity index is 1.93. The molecule has 0 radical (unpaired) electrons. The zero-order valence-corrected chi connectivity index (χ0v) is 12.7. The molecule has 0 bridgehead atoms. The van der Waals surface area contributed by atoms with Crippen LogP contribution in [0.3, 0.4) is 0 Å². The lowest BCUT2D eigenvalue weighted by Gasteiger charge is -2.20. The first-order chi connectivity index (χ1) is 11.3. The molecule has 0 saturated carbocycles. The molecule has 0 aromatic heterocycles. The van der Waals surface area contributed by atoms with Gasteiger partial charge in [0.15, 0.2) is 11.2 Å². The van der Waals surface area contributed by atoms with Gasteiger partial charge in [-0.3, -0.25) is 0 Å². The fourth-order valence-corrected chi connectivity index (χ4v) is 3.54. The normalized spacial score (nSPS) is 21.8. The van der Waals surface area contributed by atoms with E-state index in [1.54, 1.807) is 0 Å². The van der Waals surface area contributed by atoms with Crippen LogP contribution < -0.4 is 0 Å². The fraction of sp³-hybridized carbons (Fsp3) is 0.143. The Morgan fingerprint density at radius 2 is 1.00 bits per heavy atom. The molecule has 23 heavy (non-hydrogen) atoms. The molecule has 1 saturated heterocycles. The Morgan fingerprint density at radius 3 is 1.39 bits per heavy atom. The minimum atomic E-state index is -0.739. The molecule has 0 spiro atoms. The third-order valence-electron chi connectivity index (χ3n) is 4.68. The van der Waals surface area contributed by atoms with Crippen molar-refractivity contribution in [3.63, 3.8) is 0 Å². The van der Waals surface area contributed by atoms with Gasteiger partial charge in [-0.25, -0.2) is 0 Å². The largest absolute Gasteiger partial charge is 0.393 e. The van der Waals surface area contributed by atoms with Crippen molar-refractivity contribution in [1.82, 2.24) is 0 Å². The van der Waals surface area contributed by atoms with E-state index in [0.717, 1.165) is 16.7 Å². The average molecular weight is 302 g/mol. The number of rotatable bonds is 4. The number of benzene rings is 3. The zero-order valence-electron chi connectivity index (χ0n) is 12.7. The van der Waals surface area contributed by atoms with Crippen molar-refractivity contribution in [3.8, 4) is 0 Å². The predicted molar refractivity (Wildman–Crippen MR) is 90.0 cm³/mol. The summed E-state index contributed by atoms with van der Waals surface area (Å²) in [4.78, 5) is 0. The molecule has 1 heterocycles. The van der Waals surface area contributed by atoms with Crippen LogP contribution in [0.5, 0.6) is 0 Å². The van der Waals surface area contributed by atoms with Gasteiger partial charge >= 0.3 is 0 Å². The summed E-state index contributed by atoms with van der Waals surface area (Å²) in [6.07, 6.45) is 0. The van der Waals surface area contributed by atoms with E-state index in [9.17, 15) is 5.11 Å². The highest BCUT2D eigenvalue weighted by molar-refractivity contribution is 5.51. The standard InChI is InChI=1S/C21H18O2/c22-16-20(17-10-4-1-5-11-17)21(23-20,18-12-6-2-7-13-18)19-14-8-3-9-15-19/h1-15,22H,16H2/t20-/m0/s1. The zero-order chi connectivity index (χ0) is 15.8. The number of aliphatic hydroxyl groups is 1. The summed E-state index contributed by atoms with van der Waals surface area (Å²) in [5.41, 5.74) is 1.73. The van der Waals surface area contributed by atoms with Gasteiger partial charge in [-0.15, -0.1) is 0 Å². The van der Waals surface area contributed by atoms with Crippen molar-refractivity contribution in [2.45, 2.75) is 11.2 Å². The summed E-state index contributed by atoms with van der Waals surface area (Å²) >= 11 is 0. The van der Waals surface area contributed by atoms with Crippen LogP contribution >= 0.6 is 0 Å². The van der Waals surface area contributed by atoms with E-state index in [0.29, 0.717) is 0 Å². The van der Waals surface area contributed by atoms with E-state index in [4.69, 9.17) is 4.74 Å². The second-order valence-electron chi connectivity index (χ2n) is 5.87. The number of ether oxygens (including phenoxy) is 1. The lowest BCUT2D eigenvalue weighted by atomic mass is 9.77. The first-order valence-corrected chi connectivity index (χ1v) is 7.81. The summed E-state index contributed by atoms with van der Waals surface area (Å²) in [5, 5.41) is 10.2. The highest BCUT2D eigenvalue weighted by Crippen LogP contribution is 2.65. The highest BCUT2D eigenvalue weighted by atomic mass is 16.6. The van der Waals surface area contributed by atoms with Crippen molar-refractivity contribution < 1.29 is 9.84 Å². The third kappa shape index (κ3) is 1.96. The van der Waals surface area contributed by atoms with Crippen molar-refractivity contribution in [2.24, 2.45) is 0 Å². The maximum Gasteiger partial charge on any atom is 0.155 e. The van der Waals surface area contributed by atoms with Gasteiger partial charge in [0.25, 0.3) is 0 Å². The summed E-state index contributed by atoms with van der Waals surface area (Å²) in [7, 11) is 0. The first-order valence-electron chi connectivity index (χ1n) is 7.81. The third-order valence-corrected chi connectivity index (χ3v) is 4.68. The summed E-state index contributed by atoms with van der Waals surface area (Å²) in [6, 6.07) is 30.2. The molecule has 1 aliphatic rings. The molecule has 3 aromatic carbocycles. The van der Waals surface area contributed by atoms with Gasteiger partial charge in [0.1, 0.15) is 0 Å². The van der Waals surface area contributed by atoms with Gasteiger partial charge in [0.05, 0.1) is 6.61 Å². The Bertz CT molecular complexity index is 744. The van der Waals surface area contributed by atoms with Crippen LogP contribution in [0.2, 0.25) is 0 Å². The van der Waals surface area contributed by atoms with Crippen LogP contribution in [0.15, 0.2) is 91.0 Å². The second-order valence-corrected chi connectivity index (χ2v) is 5.87. The van der Waals surface area contributed by atoms with Gasteiger partial charge in [-0.1, -0.05) is 91.0 Å². The first kappa shape index (κ1) is 14.2. The Labute approximate surface area is 136 Å². The van der Waals surface area contributed by atoms with E-state index < -0.39 is 11.2 Å². The van der Waals surface area contributed by atoms with Crippen LogP contribution in [-0.2, 0) is 15.9 Å². The molecule has 1 fully saturated rings. The molecule has 1 N–H and O–H groups in total. The van der Waals surface area contributed by atoms with E-state index >= 15 is 0 Å². The van der Waals surface area contributed by atoms with E-state index in [1.807, 2.05) is 66.7 Å². The molecule has 0 unspecified atom stereocenters. The van der Waals surface area contributed by atoms with Crippen molar-refractivity contribution in [1.29, 1.82) is 0 Å². The smallest absolute Gasteiger partial charge is 0.155 e. The Hall–Kier alpha value is -2.42. The number of hydrogen-bond acceptors (Lipinski definition) is 2. The second kappa shape index (κ2) is 5.34. The molecule has 0 aliphatic carbocycles. The highest BCUT2D eigenvalue weighted by Gasteiger charge is 2.72. The van der Waals surface area contributed by atoms with Crippen LogP contribution in [-0.4, -0.2) is 11.7 Å². The molecule has 114 valence electrons. The van der Waals surface area contributed by atoms with Gasteiger partial charge in [-0.2, -0.15) is 0 Å². The molecule has 4 rings (SSSR count). The fourth-order valence-electron chi connectivity index (χ4n) is 3.54. The Morgan fingerprint density at radius 1 is 0.609 bits per heavy atom. The predicted octanol–water partition coefficient (Wildman–Crippen LogP) is 3.85. The van der Waals surface area contributed by atoms with Crippen LogP contribution in [0.4, 0.5) is 0 Å². The maximum atomic E-state index is 10.2. The minimum absolute atomic E-state index is 0.0686. The SMILES string of the molecule is OC[C@@]1(c2ccccc2)OC1(c1ccccc1)c1ccccc1. The monoisotopic (exact) mass is 302 g/mol. The summed E-state index contributed by atoms with van der Waals surface area (Å²) in [6.45, 7) is -0.0686. The molecular weight excluding hydrogens is 284 g/mol. The minimum Gasteiger partial charge on any atom is -0.393 e. The number of aliphatic hydroxyl groups excluding tert-OH is 1. The van der Waals surface area contributed by atoms with Crippen LogP contribution in [0, 0.1) is 0 Å². The lowest BCUT2D eigenvalue weighted by molar-refractivity contribution is 0.171. The Kier molecular flexibility index (Phi) is 3.29. The molecule has 1 aliphatic heterocycles. The van der Waals surface area contributed by atoms with Crippen molar-refractivity contribution >= 4 is 0 Å². The lowest BCUT2D eigenvalue weighted by Crippen LogP contribution is -2.27. The van der Waals surface area contributed by atoms with Crippen molar-refractivity contribution in [2.75, 3.05) is 6.61 Å². The van der Waals surface area contributed by atoms with E-state index in [-0.39, 0.29) is 6.61 Å². The quantitative estimate of drug-likeness (QED) is 0.743. The molecular formula is C21H18O2. The molecule has 3 aromatic rings. The number of epoxide rings is 1. The van der Waals surface area contributed by atoms with Gasteiger partial charge in [0.2, 0.25) is 0 Å². The van der Waals surface area contributed by atoms with Crippen LogP contribution in [0.25, 0.3) is 0 Å². The summed E-state index contributed by atoms with van der Waals surface area (Å²) in [5.74, 6) is 0. The molecule has 0 amide bonds. The molecule has 2 heteroatoms. The van der Waals surface area contributed by atoms with Crippen molar-refractivity contribution in [3.05, 3.63) is 108 Å². The maximum absolute atomic E-state index is 10.2. The van der Waals surface area contributed by atoms with Gasteiger partial charge in [-0.05, 0) is 16.7 Å². The van der Waals surface area contributed by atoms with E-state index in [1.165, 1.54) is 0 Å². The van der Waals surface area contributed by atoms with Crippen LogP contribution in [0.1, 0.15) is 16.7 Å².